The summed E-state index contributed by atoms with van der Waals surface area (Å²) in [7, 11) is 1.73. The first-order valence-electron chi connectivity index (χ1n) is 5.77. The van der Waals surface area contributed by atoms with Gasteiger partial charge in [0.1, 0.15) is 6.33 Å². The van der Waals surface area contributed by atoms with E-state index in [4.69, 9.17) is 0 Å². The summed E-state index contributed by atoms with van der Waals surface area (Å²) in [6.07, 6.45) is 6.33. The van der Waals surface area contributed by atoms with Gasteiger partial charge in [0.25, 0.3) is 0 Å². The van der Waals surface area contributed by atoms with Gasteiger partial charge in [-0.2, -0.15) is 5.10 Å². The molecular weight excluding hydrogens is 190 g/mol. The second-order valence-corrected chi connectivity index (χ2v) is 4.12. The van der Waals surface area contributed by atoms with E-state index in [1.54, 1.807) is 18.1 Å². The van der Waals surface area contributed by atoms with Gasteiger partial charge in [-0.05, 0) is 12.3 Å². The minimum absolute atomic E-state index is 0.00931. The average molecular weight is 211 g/mol. The molecule has 0 aromatic carbocycles. The summed E-state index contributed by atoms with van der Waals surface area (Å²) < 4.78 is 3.09. The summed E-state index contributed by atoms with van der Waals surface area (Å²) in [6.45, 7) is 5.13. The van der Waals surface area contributed by atoms with Crippen LogP contribution in [0.4, 0.5) is 0 Å². The predicted octanol–water partition coefficient (Wildman–Crippen LogP) is 1.80. The Morgan fingerprint density at radius 2 is 2.20 bits per heavy atom. The molecule has 1 aromatic rings. The van der Waals surface area contributed by atoms with Crippen molar-refractivity contribution in [2.75, 3.05) is 0 Å². The van der Waals surface area contributed by atoms with Gasteiger partial charge in [0.15, 0.2) is 0 Å². The van der Waals surface area contributed by atoms with Crippen LogP contribution < -0.4 is 5.69 Å². The molecule has 0 saturated heterocycles. The monoisotopic (exact) mass is 211 g/mol. The van der Waals surface area contributed by atoms with Crippen LogP contribution in [-0.2, 0) is 13.6 Å². The Hall–Kier alpha value is -1.06. The molecule has 0 spiro atoms. The van der Waals surface area contributed by atoms with E-state index in [1.165, 1.54) is 23.8 Å². The fourth-order valence-electron chi connectivity index (χ4n) is 1.71. The number of hydrogen-bond acceptors (Lipinski definition) is 2. The van der Waals surface area contributed by atoms with Crippen LogP contribution in [0.25, 0.3) is 0 Å². The molecule has 0 radical (unpaired) electrons. The van der Waals surface area contributed by atoms with Crippen LogP contribution in [0.5, 0.6) is 0 Å². The van der Waals surface area contributed by atoms with Crippen molar-refractivity contribution in [2.24, 2.45) is 13.0 Å². The van der Waals surface area contributed by atoms with Crippen LogP contribution in [0.1, 0.15) is 39.5 Å². The molecule has 0 N–H and O–H groups in total. The zero-order valence-corrected chi connectivity index (χ0v) is 9.94. The summed E-state index contributed by atoms with van der Waals surface area (Å²) in [5.74, 6) is 0.581. The zero-order valence-electron chi connectivity index (χ0n) is 9.94. The van der Waals surface area contributed by atoms with Crippen molar-refractivity contribution in [3.8, 4) is 0 Å². The summed E-state index contributed by atoms with van der Waals surface area (Å²) in [5, 5.41) is 4.08. The zero-order chi connectivity index (χ0) is 11.3. The summed E-state index contributed by atoms with van der Waals surface area (Å²) >= 11 is 0. The van der Waals surface area contributed by atoms with E-state index in [0.717, 1.165) is 13.0 Å². The van der Waals surface area contributed by atoms with E-state index in [-0.39, 0.29) is 5.69 Å². The highest BCUT2D eigenvalue weighted by Gasteiger charge is 2.09. The average Bonchev–Trinajstić information content (AvgIpc) is 2.55. The highest BCUT2D eigenvalue weighted by Crippen LogP contribution is 2.13. The Bertz CT molecular complexity index is 340. The molecule has 0 aliphatic carbocycles. The smallest absolute Gasteiger partial charge is 0.285 e. The number of rotatable bonds is 6. The van der Waals surface area contributed by atoms with Gasteiger partial charge in [-0.15, -0.1) is 0 Å². The van der Waals surface area contributed by atoms with Gasteiger partial charge in [-0.1, -0.05) is 33.1 Å². The number of unbranched alkanes of at least 4 members (excludes halogenated alkanes) is 1. The van der Waals surface area contributed by atoms with Gasteiger partial charge in [-0.25, -0.2) is 9.48 Å². The van der Waals surface area contributed by atoms with Gasteiger partial charge < -0.3 is 0 Å². The van der Waals surface area contributed by atoms with E-state index >= 15 is 0 Å². The Morgan fingerprint density at radius 3 is 2.67 bits per heavy atom. The maximum absolute atomic E-state index is 11.6. The SMILES string of the molecule is CCCCC(CC)Cn1ncn(C)c1=O. The van der Waals surface area contributed by atoms with Crippen molar-refractivity contribution in [3.63, 3.8) is 0 Å². The molecule has 0 amide bonds. The van der Waals surface area contributed by atoms with Crippen LogP contribution in [0.3, 0.4) is 0 Å². The van der Waals surface area contributed by atoms with Gasteiger partial charge in [-0.3, -0.25) is 4.57 Å². The summed E-state index contributed by atoms with van der Waals surface area (Å²) in [6, 6.07) is 0. The second-order valence-electron chi connectivity index (χ2n) is 4.12. The van der Waals surface area contributed by atoms with Gasteiger partial charge in [0, 0.05) is 13.6 Å². The fourth-order valence-corrected chi connectivity index (χ4v) is 1.71. The minimum Gasteiger partial charge on any atom is -0.285 e. The molecule has 0 bridgehead atoms. The minimum atomic E-state index is -0.00931. The van der Waals surface area contributed by atoms with Gasteiger partial charge >= 0.3 is 5.69 Å². The van der Waals surface area contributed by atoms with E-state index in [0.29, 0.717) is 5.92 Å². The van der Waals surface area contributed by atoms with Crippen LogP contribution in [0.2, 0.25) is 0 Å². The molecule has 1 unspecified atom stereocenters. The first kappa shape index (κ1) is 12.0. The number of nitrogens with zero attached hydrogens (tertiary/aromatic N) is 3. The molecule has 4 nitrogen and oxygen atoms in total. The van der Waals surface area contributed by atoms with Crippen molar-refractivity contribution in [2.45, 2.75) is 46.1 Å². The Kier molecular flexibility index (Phi) is 4.59. The molecule has 0 saturated carbocycles. The van der Waals surface area contributed by atoms with Crippen molar-refractivity contribution in [1.29, 1.82) is 0 Å². The number of aromatic nitrogens is 3. The Morgan fingerprint density at radius 1 is 1.47 bits per heavy atom. The molecule has 1 aromatic heterocycles. The maximum Gasteiger partial charge on any atom is 0.345 e. The molecular formula is C11H21N3O. The van der Waals surface area contributed by atoms with Crippen LogP contribution in [-0.4, -0.2) is 14.3 Å². The molecule has 0 aliphatic heterocycles. The topological polar surface area (TPSA) is 39.8 Å². The van der Waals surface area contributed by atoms with Gasteiger partial charge in [0.05, 0.1) is 0 Å². The maximum atomic E-state index is 11.6. The highest BCUT2D eigenvalue weighted by molar-refractivity contribution is 4.67. The Balaban J connectivity index is 2.58. The lowest BCUT2D eigenvalue weighted by molar-refractivity contribution is 0.365. The summed E-state index contributed by atoms with van der Waals surface area (Å²) in [4.78, 5) is 11.6. The molecule has 0 fully saturated rings. The quantitative estimate of drug-likeness (QED) is 0.719. The third-order valence-corrected chi connectivity index (χ3v) is 2.86. The fraction of sp³-hybridized carbons (Fsp3) is 0.818. The van der Waals surface area contributed by atoms with E-state index in [2.05, 4.69) is 18.9 Å². The highest BCUT2D eigenvalue weighted by atomic mass is 16.2. The standard InChI is InChI=1S/C11H21N3O/c1-4-6-7-10(5-2)8-14-11(15)13(3)9-12-14/h9-10H,4-8H2,1-3H3. The summed E-state index contributed by atoms with van der Waals surface area (Å²) in [5.41, 5.74) is -0.00931. The van der Waals surface area contributed by atoms with Gasteiger partial charge in [0.2, 0.25) is 0 Å². The molecule has 15 heavy (non-hydrogen) atoms. The van der Waals surface area contributed by atoms with Crippen LogP contribution in [0, 0.1) is 5.92 Å². The van der Waals surface area contributed by atoms with Crippen LogP contribution >= 0.6 is 0 Å². The third kappa shape index (κ3) is 3.22. The van der Waals surface area contributed by atoms with Crippen LogP contribution in [0.15, 0.2) is 11.1 Å². The lowest BCUT2D eigenvalue weighted by Gasteiger charge is -2.13. The lowest BCUT2D eigenvalue weighted by atomic mass is 10.00. The van der Waals surface area contributed by atoms with Crippen molar-refractivity contribution >= 4 is 0 Å². The molecule has 0 aliphatic rings. The second kappa shape index (κ2) is 5.73. The molecule has 1 atom stereocenters. The van der Waals surface area contributed by atoms with Crippen molar-refractivity contribution < 1.29 is 0 Å². The predicted molar refractivity (Wildman–Crippen MR) is 60.8 cm³/mol. The molecule has 1 rings (SSSR count). The van der Waals surface area contributed by atoms with E-state index < -0.39 is 0 Å². The number of aryl methyl sites for hydroxylation is 1. The normalized spacial score (nSPS) is 13.0. The molecule has 1 heterocycles. The first-order valence-corrected chi connectivity index (χ1v) is 5.77. The number of hydrogen-bond donors (Lipinski definition) is 0. The first-order chi connectivity index (χ1) is 7.19. The Labute approximate surface area is 90.9 Å². The third-order valence-electron chi connectivity index (χ3n) is 2.86. The van der Waals surface area contributed by atoms with E-state index in [1.807, 2.05) is 0 Å². The molecule has 86 valence electrons. The van der Waals surface area contributed by atoms with Crippen molar-refractivity contribution in [3.05, 3.63) is 16.8 Å². The molecule has 4 heteroatoms. The lowest BCUT2D eigenvalue weighted by Crippen LogP contribution is -2.26. The van der Waals surface area contributed by atoms with E-state index in [9.17, 15) is 4.79 Å². The van der Waals surface area contributed by atoms with Crippen molar-refractivity contribution in [1.82, 2.24) is 14.3 Å². The largest absolute Gasteiger partial charge is 0.345 e.